The first-order valence-electron chi connectivity index (χ1n) is 8.39. The van der Waals surface area contributed by atoms with Gasteiger partial charge < -0.3 is 9.47 Å². The molecule has 0 saturated carbocycles. The Kier molecular flexibility index (Phi) is 3.53. The number of benzene rings is 2. The Morgan fingerprint density at radius 2 is 1.81 bits per heavy atom. The van der Waals surface area contributed by atoms with Crippen LogP contribution in [0.25, 0.3) is 22.2 Å². The van der Waals surface area contributed by atoms with Gasteiger partial charge >= 0.3 is 0 Å². The molecule has 0 aliphatic carbocycles. The van der Waals surface area contributed by atoms with Gasteiger partial charge in [0.15, 0.2) is 11.5 Å². The van der Waals surface area contributed by atoms with Crippen LogP contribution in [-0.2, 0) is 0 Å². The summed E-state index contributed by atoms with van der Waals surface area (Å²) in [6.45, 7) is 0.164. The maximum Gasteiger partial charge on any atom is 0.231 e. The number of hydrogen-bond acceptors (Lipinski definition) is 6. The number of nitrogens with zero attached hydrogens (tertiary/aromatic N) is 3. The van der Waals surface area contributed by atoms with Crippen LogP contribution in [0.1, 0.15) is 16.1 Å². The van der Waals surface area contributed by atoms with Gasteiger partial charge in [-0.05, 0) is 30.3 Å². The summed E-state index contributed by atoms with van der Waals surface area (Å²) in [6.07, 6.45) is 4.83. The number of rotatable bonds is 3. The molecule has 0 saturated heterocycles. The Balaban J connectivity index is 1.52. The number of fused-ring (bicyclic) bond motifs is 2. The number of para-hydroxylation sites is 1. The van der Waals surface area contributed by atoms with Gasteiger partial charge in [-0.15, -0.1) is 0 Å². The Morgan fingerprint density at radius 1 is 0.926 bits per heavy atom. The van der Waals surface area contributed by atoms with E-state index in [-0.39, 0.29) is 18.3 Å². The number of ketones is 1. The molecule has 1 aliphatic rings. The largest absolute Gasteiger partial charge is 0.454 e. The lowest BCUT2D eigenvalue weighted by Crippen LogP contribution is -2.05. The fraction of sp³-hybridized carbons (Fsp3) is 0.0476. The Bertz CT molecular complexity index is 1190. The second-order valence-electron chi connectivity index (χ2n) is 6.10. The molecule has 0 N–H and O–H groups in total. The van der Waals surface area contributed by atoms with Gasteiger partial charge in [-0.3, -0.25) is 14.8 Å². The molecule has 6 heteroatoms. The highest BCUT2D eigenvalue weighted by molar-refractivity contribution is 6.08. The monoisotopic (exact) mass is 355 g/mol. The highest BCUT2D eigenvalue weighted by Crippen LogP contribution is 2.33. The summed E-state index contributed by atoms with van der Waals surface area (Å²) in [5.74, 6) is 0.966. The van der Waals surface area contributed by atoms with E-state index >= 15 is 0 Å². The van der Waals surface area contributed by atoms with Gasteiger partial charge in [-0.25, -0.2) is 4.98 Å². The van der Waals surface area contributed by atoms with Crippen molar-refractivity contribution in [3.63, 3.8) is 0 Å². The molecule has 0 unspecified atom stereocenters. The number of pyridine rings is 1. The summed E-state index contributed by atoms with van der Waals surface area (Å²) in [5, 5.41) is 1.00. The average Bonchev–Trinajstić information content (AvgIpc) is 3.21. The molecule has 0 fully saturated rings. The van der Waals surface area contributed by atoms with Gasteiger partial charge in [0.25, 0.3) is 0 Å². The number of ether oxygens (including phenoxy) is 2. The van der Waals surface area contributed by atoms with E-state index < -0.39 is 0 Å². The Labute approximate surface area is 154 Å². The number of carbonyl (C=O) groups excluding carboxylic acids is 1. The minimum absolute atomic E-state index is 0.164. The first kappa shape index (κ1) is 15.5. The van der Waals surface area contributed by atoms with Crippen LogP contribution in [0.3, 0.4) is 0 Å². The zero-order chi connectivity index (χ0) is 18.2. The van der Waals surface area contributed by atoms with Gasteiger partial charge in [0.2, 0.25) is 12.6 Å². The molecule has 27 heavy (non-hydrogen) atoms. The van der Waals surface area contributed by atoms with Crippen LogP contribution in [-0.4, -0.2) is 27.5 Å². The molecule has 6 nitrogen and oxygen atoms in total. The molecular weight excluding hydrogens is 342 g/mol. The van der Waals surface area contributed by atoms with Crippen LogP contribution in [0.5, 0.6) is 11.5 Å². The van der Waals surface area contributed by atoms with Gasteiger partial charge in [-0.1, -0.05) is 18.2 Å². The van der Waals surface area contributed by atoms with Crippen molar-refractivity contribution in [3.8, 4) is 22.8 Å². The van der Waals surface area contributed by atoms with Crippen LogP contribution in [0, 0.1) is 0 Å². The molecule has 1 aliphatic heterocycles. The molecule has 0 radical (unpaired) electrons. The van der Waals surface area contributed by atoms with E-state index in [1.54, 1.807) is 30.6 Å². The van der Waals surface area contributed by atoms with Crippen LogP contribution < -0.4 is 9.47 Å². The molecular formula is C21H13N3O3. The van der Waals surface area contributed by atoms with Crippen LogP contribution >= 0.6 is 0 Å². The average molecular weight is 355 g/mol. The summed E-state index contributed by atoms with van der Waals surface area (Å²) >= 11 is 0. The third-order valence-corrected chi connectivity index (χ3v) is 4.39. The fourth-order valence-corrected chi connectivity index (χ4v) is 3.01. The Hall–Kier alpha value is -3.80. The van der Waals surface area contributed by atoms with E-state index in [0.29, 0.717) is 22.8 Å². The van der Waals surface area contributed by atoms with Gasteiger partial charge in [0, 0.05) is 22.7 Å². The first-order chi connectivity index (χ1) is 13.3. The SMILES string of the molecule is O=C(c1ccc2c(c1)OCO2)c1cncc(-c2cnc3ccccc3c2)n1. The second kappa shape index (κ2) is 6.17. The minimum Gasteiger partial charge on any atom is -0.454 e. The van der Waals surface area contributed by atoms with Crippen LogP contribution in [0.2, 0.25) is 0 Å². The first-order valence-corrected chi connectivity index (χ1v) is 8.39. The van der Waals surface area contributed by atoms with Crippen molar-refractivity contribution in [1.82, 2.24) is 15.0 Å². The lowest BCUT2D eigenvalue weighted by molar-refractivity contribution is 0.103. The van der Waals surface area contributed by atoms with Crippen molar-refractivity contribution in [2.75, 3.05) is 6.79 Å². The summed E-state index contributed by atoms with van der Waals surface area (Å²) in [5.41, 5.74) is 3.05. The third kappa shape index (κ3) is 2.77. The summed E-state index contributed by atoms with van der Waals surface area (Å²) in [6, 6.07) is 14.9. The molecule has 130 valence electrons. The molecule has 2 aromatic carbocycles. The normalized spacial score (nSPS) is 12.3. The van der Waals surface area contributed by atoms with E-state index in [1.165, 1.54) is 6.20 Å². The maximum atomic E-state index is 12.8. The summed E-state index contributed by atoms with van der Waals surface area (Å²) in [7, 11) is 0. The molecule has 4 aromatic rings. The maximum absolute atomic E-state index is 12.8. The summed E-state index contributed by atoms with van der Waals surface area (Å²) in [4.78, 5) is 26.0. The molecule has 3 heterocycles. The Morgan fingerprint density at radius 3 is 2.78 bits per heavy atom. The molecule has 5 rings (SSSR count). The number of hydrogen-bond donors (Lipinski definition) is 0. The van der Waals surface area contributed by atoms with E-state index in [4.69, 9.17) is 9.47 Å². The predicted octanol–water partition coefficient (Wildman–Crippen LogP) is 3.65. The number of carbonyl (C=O) groups is 1. The van der Waals surface area contributed by atoms with E-state index in [9.17, 15) is 4.79 Å². The van der Waals surface area contributed by atoms with E-state index in [1.807, 2.05) is 30.3 Å². The van der Waals surface area contributed by atoms with Crippen molar-refractivity contribution in [1.29, 1.82) is 0 Å². The van der Waals surface area contributed by atoms with Crippen molar-refractivity contribution < 1.29 is 14.3 Å². The molecule has 2 aromatic heterocycles. The third-order valence-electron chi connectivity index (χ3n) is 4.39. The standard InChI is InChI=1S/C21H13N3O3/c25-21(14-5-6-19-20(8-14)27-12-26-19)18-11-22-10-17(24-18)15-7-13-3-1-2-4-16(13)23-9-15/h1-11H,12H2. The molecule has 0 amide bonds. The zero-order valence-corrected chi connectivity index (χ0v) is 14.1. The van der Waals surface area contributed by atoms with E-state index in [0.717, 1.165) is 16.5 Å². The highest BCUT2D eigenvalue weighted by atomic mass is 16.7. The second-order valence-corrected chi connectivity index (χ2v) is 6.10. The zero-order valence-electron chi connectivity index (χ0n) is 14.1. The van der Waals surface area contributed by atoms with Crippen molar-refractivity contribution >= 4 is 16.7 Å². The summed E-state index contributed by atoms with van der Waals surface area (Å²) < 4.78 is 10.6. The van der Waals surface area contributed by atoms with E-state index in [2.05, 4.69) is 15.0 Å². The topological polar surface area (TPSA) is 74.2 Å². The lowest BCUT2D eigenvalue weighted by atomic mass is 10.1. The molecule has 0 spiro atoms. The quantitative estimate of drug-likeness (QED) is 0.522. The van der Waals surface area contributed by atoms with Gasteiger partial charge in [0.1, 0.15) is 5.69 Å². The molecule has 0 bridgehead atoms. The predicted molar refractivity (Wildman–Crippen MR) is 98.8 cm³/mol. The number of aromatic nitrogens is 3. The fourth-order valence-electron chi connectivity index (χ4n) is 3.01. The highest BCUT2D eigenvalue weighted by Gasteiger charge is 2.18. The van der Waals surface area contributed by atoms with Crippen molar-refractivity contribution in [2.24, 2.45) is 0 Å². The lowest BCUT2D eigenvalue weighted by Gasteiger charge is -2.06. The van der Waals surface area contributed by atoms with Crippen LogP contribution in [0.4, 0.5) is 0 Å². The van der Waals surface area contributed by atoms with Crippen molar-refractivity contribution in [3.05, 3.63) is 78.4 Å². The van der Waals surface area contributed by atoms with Crippen LogP contribution in [0.15, 0.2) is 67.1 Å². The van der Waals surface area contributed by atoms with Gasteiger partial charge in [-0.2, -0.15) is 0 Å². The smallest absolute Gasteiger partial charge is 0.231 e. The van der Waals surface area contributed by atoms with Crippen molar-refractivity contribution in [2.45, 2.75) is 0 Å². The molecule has 0 atom stereocenters. The minimum atomic E-state index is -0.226. The van der Waals surface area contributed by atoms with Gasteiger partial charge in [0.05, 0.1) is 23.6 Å².